The number of pyridine rings is 2. The first kappa shape index (κ1) is 19.0. The number of aromatic nitrogens is 2. The number of allylic oxidation sites excluding steroid dienone is 1. The smallest absolute Gasteiger partial charge is 0.253 e. The first-order chi connectivity index (χ1) is 13.1. The van der Waals surface area contributed by atoms with Crippen LogP contribution in [0, 0.1) is 0 Å². The van der Waals surface area contributed by atoms with Crippen LogP contribution in [0.3, 0.4) is 0 Å². The molecule has 6 nitrogen and oxygen atoms in total. The molecule has 142 valence electrons. The maximum atomic E-state index is 12.3. The van der Waals surface area contributed by atoms with Crippen molar-refractivity contribution in [3.05, 3.63) is 60.1 Å². The van der Waals surface area contributed by atoms with Crippen LogP contribution in [0.1, 0.15) is 41.4 Å². The monoisotopic (exact) mass is 366 g/mol. The Hall–Kier alpha value is -2.73. The van der Waals surface area contributed by atoms with Crippen molar-refractivity contribution in [3.63, 3.8) is 0 Å². The van der Waals surface area contributed by atoms with Gasteiger partial charge in [-0.05, 0) is 49.1 Å². The Bertz CT molecular complexity index is 764. The second-order valence-electron chi connectivity index (χ2n) is 6.73. The largest absolute Gasteiger partial charge is 0.381 e. The molecule has 0 aliphatic carbocycles. The lowest BCUT2D eigenvalue weighted by molar-refractivity contribution is 0.0950. The van der Waals surface area contributed by atoms with Gasteiger partial charge < -0.3 is 15.0 Å². The Labute approximate surface area is 160 Å². The molecule has 1 fully saturated rings. The minimum absolute atomic E-state index is 0.149. The van der Waals surface area contributed by atoms with E-state index in [1.54, 1.807) is 12.3 Å². The zero-order chi connectivity index (χ0) is 19.1. The van der Waals surface area contributed by atoms with E-state index in [-0.39, 0.29) is 5.91 Å². The molecule has 3 rings (SSSR count). The van der Waals surface area contributed by atoms with E-state index in [0.717, 1.165) is 61.8 Å². The predicted octanol–water partition coefficient (Wildman–Crippen LogP) is 3.06. The zero-order valence-electron chi connectivity index (χ0n) is 15.8. The van der Waals surface area contributed by atoms with Gasteiger partial charge in [-0.2, -0.15) is 0 Å². The van der Waals surface area contributed by atoms with E-state index >= 15 is 0 Å². The number of carbonyl (C=O) groups excluding carboxylic acids is 1. The van der Waals surface area contributed by atoms with Crippen LogP contribution in [0.25, 0.3) is 5.57 Å². The zero-order valence-corrected chi connectivity index (χ0v) is 15.8. The van der Waals surface area contributed by atoms with Crippen LogP contribution in [0.2, 0.25) is 0 Å². The lowest BCUT2D eigenvalue weighted by Gasteiger charge is -2.25. The molecule has 0 atom stereocenters. The van der Waals surface area contributed by atoms with Crippen LogP contribution < -0.4 is 10.2 Å². The highest BCUT2D eigenvalue weighted by molar-refractivity contribution is 5.93. The molecule has 27 heavy (non-hydrogen) atoms. The van der Waals surface area contributed by atoms with Crippen molar-refractivity contribution in [1.29, 1.82) is 0 Å². The molecule has 1 amide bonds. The van der Waals surface area contributed by atoms with Gasteiger partial charge in [-0.3, -0.25) is 9.78 Å². The van der Waals surface area contributed by atoms with Gasteiger partial charge in [0.25, 0.3) is 5.91 Å². The van der Waals surface area contributed by atoms with Gasteiger partial charge in [0.05, 0.1) is 11.3 Å². The summed E-state index contributed by atoms with van der Waals surface area (Å²) in [5, 5.41) is 2.91. The van der Waals surface area contributed by atoms with Crippen LogP contribution in [-0.4, -0.2) is 42.2 Å². The summed E-state index contributed by atoms with van der Waals surface area (Å²) in [4.78, 5) is 23.4. The highest BCUT2D eigenvalue weighted by Crippen LogP contribution is 2.14. The molecule has 0 spiro atoms. The van der Waals surface area contributed by atoms with E-state index in [2.05, 4.69) is 26.8 Å². The maximum Gasteiger partial charge on any atom is 0.253 e. The number of nitrogens with one attached hydrogen (secondary N) is 1. The summed E-state index contributed by atoms with van der Waals surface area (Å²) in [5.74, 6) is 0.829. The summed E-state index contributed by atoms with van der Waals surface area (Å²) in [6, 6.07) is 7.61. The molecule has 1 aliphatic heterocycles. The molecule has 0 unspecified atom stereocenters. The topological polar surface area (TPSA) is 67.4 Å². The van der Waals surface area contributed by atoms with E-state index in [9.17, 15) is 4.79 Å². The average Bonchev–Trinajstić information content (AvgIpc) is 2.66. The fraction of sp³-hybridized carbons (Fsp3) is 0.381. The summed E-state index contributed by atoms with van der Waals surface area (Å²) < 4.78 is 5.49. The van der Waals surface area contributed by atoms with Gasteiger partial charge in [0.1, 0.15) is 5.82 Å². The van der Waals surface area contributed by atoms with Crippen molar-refractivity contribution in [2.75, 3.05) is 31.2 Å². The molecule has 0 bridgehead atoms. The van der Waals surface area contributed by atoms with Gasteiger partial charge in [-0.1, -0.05) is 12.6 Å². The maximum absolute atomic E-state index is 12.3. The predicted molar refractivity (Wildman–Crippen MR) is 107 cm³/mol. The first-order valence-corrected chi connectivity index (χ1v) is 9.31. The second-order valence-corrected chi connectivity index (χ2v) is 6.73. The van der Waals surface area contributed by atoms with Crippen LogP contribution >= 0.6 is 0 Å². The van der Waals surface area contributed by atoms with Crippen LogP contribution in [0.15, 0.2) is 43.2 Å². The standard InChI is InChI=1S/C21H26N4O2/c1-16(2)19-7-6-18(15-22-19)21(26)24-14-17-5-8-20(23-13-17)25-9-3-11-27-12-4-10-25/h5-8,13,15H,1,3-4,9-12,14H2,2H3,(H,24,26). The fourth-order valence-electron chi connectivity index (χ4n) is 2.93. The van der Waals surface area contributed by atoms with Crippen molar-refractivity contribution in [3.8, 4) is 0 Å². The molecular formula is C21H26N4O2. The number of anilines is 1. The van der Waals surface area contributed by atoms with Gasteiger partial charge in [-0.25, -0.2) is 4.98 Å². The molecule has 1 aliphatic rings. The molecule has 2 aromatic rings. The van der Waals surface area contributed by atoms with E-state index in [1.807, 2.05) is 31.3 Å². The molecule has 3 heterocycles. The summed E-state index contributed by atoms with van der Waals surface area (Å²) >= 11 is 0. The van der Waals surface area contributed by atoms with E-state index in [1.165, 1.54) is 0 Å². The normalized spacial score (nSPS) is 14.9. The Morgan fingerprint density at radius 2 is 1.93 bits per heavy atom. The van der Waals surface area contributed by atoms with Gasteiger partial charge >= 0.3 is 0 Å². The number of hydrogen-bond acceptors (Lipinski definition) is 5. The van der Waals surface area contributed by atoms with Gasteiger partial charge in [0.2, 0.25) is 0 Å². The van der Waals surface area contributed by atoms with Gasteiger partial charge in [-0.15, -0.1) is 0 Å². The average molecular weight is 366 g/mol. The lowest BCUT2D eigenvalue weighted by atomic mass is 10.2. The number of nitrogens with zero attached hydrogens (tertiary/aromatic N) is 3. The van der Waals surface area contributed by atoms with Crippen LogP contribution in [0.5, 0.6) is 0 Å². The Kier molecular flexibility index (Phi) is 6.54. The molecular weight excluding hydrogens is 340 g/mol. The molecule has 1 N–H and O–H groups in total. The molecule has 0 aromatic carbocycles. The van der Waals surface area contributed by atoms with Gasteiger partial charge in [0, 0.05) is 45.2 Å². The Morgan fingerprint density at radius 1 is 1.15 bits per heavy atom. The SMILES string of the molecule is C=C(C)c1ccc(C(=O)NCc2ccc(N3CCCOCCC3)nc2)cn1. The fourth-order valence-corrected chi connectivity index (χ4v) is 2.93. The lowest BCUT2D eigenvalue weighted by Crippen LogP contribution is -2.30. The number of hydrogen-bond donors (Lipinski definition) is 1. The van der Waals surface area contributed by atoms with Crippen molar-refractivity contribution >= 4 is 17.3 Å². The van der Waals surface area contributed by atoms with E-state index in [0.29, 0.717) is 12.1 Å². The molecule has 2 aromatic heterocycles. The number of rotatable bonds is 5. The number of ether oxygens (including phenoxy) is 1. The summed E-state index contributed by atoms with van der Waals surface area (Å²) in [7, 11) is 0. The van der Waals surface area contributed by atoms with Crippen molar-refractivity contribution in [1.82, 2.24) is 15.3 Å². The highest BCUT2D eigenvalue weighted by Gasteiger charge is 2.11. The molecule has 0 radical (unpaired) electrons. The Morgan fingerprint density at radius 3 is 2.52 bits per heavy atom. The van der Waals surface area contributed by atoms with Crippen molar-refractivity contribution in [2.45, 2.75) is 26.3 Å². The molecule has 0 saturated carbocycles. The van der Waals surface area contributed by atoms with E-state index < -0.39 is 0 Å². The van der Waals surface area contributed by atoms with Crippen LogP contribution in [0.4, 0.5) is 5.82 Å². The van der Waals surface area contributed by atoms with Crippen molar-refractivity contribution in [2.24, 2.45) is 0 Å². The second kappa shape index (κ2) is 9.28. The van der Waals surface area contributed by atoms with E-state index in [4.69, 9.17) is 4.74 Å². The minimum atomic E-state index is -0.149. The summed E-state index contributed by atoms with van der Waals surface area (Å²) in [6.07, 6.45) is 5.43. The third-order valence-electron chi connectivity index (χ3n) is 4.48. The summed E-state index contributed by atoms with van der Waals surface area (Å²) in [6.45, 7) is 9.69. The van der Waals surface area contributed by atoms with Crippen molar-refractivity contribution < 1.29 is 9.53 Å². The van der Waals surface area contributed by atoms with Gasteiger partial charge in [0.15, 0.2) is 0 Å². The Balaban J connectivity index is 1.54. The first-order valence-electron chi connectivity index (χ1n) is 9.31. The quantitative estimate of drug-likeness (QED) is 0.881. The summed E-state index contributed by atoms with van der Waals surface area (Å²) in [5.41, 5.74) is 3.17. The third kappa shape index (κ3) is 5.37. The third-order valence-corrected chi connectivity index (χ3v) is 4.48. The molecule has 6 heteroatoms. The minimum Gasteiger partial charge on any atom is -0.381 e. The highest BCUT2D eigenvalue weighted by atomic mass is 16.5. The van der Waals surface area contributed by atoms with Crippen LogP contribution in [-0.2, 0) is 11.3 Å². The number of carbonyl (C=O) groups is 1. The molecule has 1 saturated heterocycles. The number of amides is 1.